The molecule has 2 saturated heterocycles. The lowest BCUT2D eigenvalue weighted by molar-refractivity contribution is -0.139. The average molecular weight is 873 g/mol. The number of alkyl halides is 2. The second kappa shape index (κ2) is 18.8. The molecule has 4 N–H and O–H groups in total. The van der Waals surface area contributed by atoms with E-state index in [4.69, 9.17) is 4.74 Å². The van der Waals surface area contributed by atoms with Gasteiger partial charge in [-0.2, -0.15) is 10.2 Å². The van der Waals surface area contributed by atoms with Crippen molar-refractivity contribution in [1.29, 1.82) is 0 Å². The Morgan fingerprint density at radius 3 is 2.57 bits per heavy atom. The van der Waals surface area contributed by atoms with Gasteiger partial charge in [0.2, 0.25) is 17.7 Å². The SMILES string of the molecule is CN1C(=O)C(C2CCC(=O)NC2=O)c2cccc(CCCOC3CCN(CC4CCC(n5cc(NC(=O)c6cnn7ccc(NCCC(C)(C)O)nc67)c(C(F)F)n5)CC4)CC3)c21. The summed E-state index contributed by atoms with van der Waals surface area (Å²) in [6, 6.07) is 7.56. The number of anilines is 3. The third-order valence-corrected chi connectivity index (χ3v) is 13.2. The Balaban J connectivity index is 0.774. The highest BCUT2D eigenvalue weighted by Crippen LogP contribution is 2.45. The summed E-state index contributed by atoms with van der Waals surface area (Å²) in [5.74, 6) is -1.52. The molecule has 16 nitrogen and oxygen atoms in total. The maximum absolute atomic E-state index is 14.2. The summed E-state index contributed by atoms with van der Waals surface area (Å²) in [7, 11) is 1.76. The van der Waals surface area contributed by atoms with E-state index in [2.05, 4.69) is 36.0 Å². The number of rotatable bonds is 16. The fourth-order valence-corrected chi connectivity index (χ4v) is 9.73. The van der Waals surface area contributed by atoms with Gasteiger partial charge >= 0.3 is 0 Å². The van der Waals surface area contributed by atoms with Gasteiger partial charge in [0.15, 0.2) is 11.3 Å². The molecule has 4 amide bonds. The molecule has 6 heterocycles. The molecule has 1 aliphatic carbocycles. The Morgan fingerprint density at radius 2 is 1.84 bits per heavy atom. The molecule has 3 aromatic heterocycles. The maximum Gasteiger partial charge on any atom is 0.284 e. The molecular formula is C45H58F2N10O6. The van der Waals surface area contributed by atoms with Gasteiger partial charge in [-0.3, -0.25) is 29.2 Å². The normalized spacial score (nSPS) is 22.5. The van der Waals surface area contributed by atoms with Crippen LogP contribution < -0.4 is 20.9 Å². The van der Waals surface area contributed by atoms with Crippen LogP contribution in [0.4, 0.5) is 26.0 Å². The number of para-hydroxylation sites is 1. The number of hydrogen-bond donors (Lipinski definition) is 4. The number of aryl methyl sites for hydroxylation is 1. The van der Waals surface area contributed by atoms with Gasteiger partial charge in [-0.05, 0) is 101 Å². The second-order valence-corrected chi connectivity index (χ2v) is 18.2. The molecule has 3 aliphatic heterocycles. The van der Waals surface area contributed by atoms with Crippen molar-refractivity contribution in [2.24, 2.45) is 11.8 Å². The summed E-state index contributed by atoms with van der Waals surface area (Å²) >= 11 is 0. The number of aromatic nitrogens is 5. The lowest BCUT2D eigenvalue weighted by Crippen LogP contribution is -2.44. The second-order valence-electron chi connectivity index (χ2n) is 18.2. The predicted octanol–water partition coefficient (Wildman–Crippen LogP) is 5.65. The Bertz CT molecular complexity index is 2310. The van der Waals surface area contributed by atoms with Crippen LogP contribution in [-0.2, 0) is 25.5 Å². The zero-order valence-electron chi connectivity index (χ0n) is 36.2. The Hall–Kier alpha value is -5.33. The third-order valence-electron chi connectivity index (χ3n) is 13.2. The molecule has 2 atom stereocenters. The Morgan fingerprint density at radius 1 is 1.06 bits per heavy atom. The molecule has 8 rings (SSSR count). The molecule has 18 heteroatoms. The van der Waals surface area contributed by atoms with Crippen LogP contribution in [0.1, 0.15) is 124 Å². The molecule has 4 aromatic rings. The van der Waals surface area contributed by atoms with Crippen LogP contribution in [0.25, 0.3) is 5.65 Å². The van der Waals surface area contributed by atoms with E-state index in [1.807, 2.05) is 18.2 Å². The first-order valence-electron chi connectivity index (χ1n) is 22.3. The molecule has 0 bridgehead atoms. The van der Waals surface area contributed by atoms with E-state index >= 15 is 0 Å². The molecule has 63 heavy (non-hydrogen) atoms. The number of carbonyl (C=O) groups is 4. The number of halogens is 2. The largest absolute Gasteiger partial charge is 0.390 e. The van der Waals surface area contributed by atoms with Gasteiger partial charge in [-0.25, -0.2) is 18.3 Å². The van der Waals surface area contributed by atoms with Crippen LogP contribution in [0.3, 0.4) is 0 Å². The summed E-state index contributed by atoms with van der Waals surface area (Å²) in [5, 5.41) is 26.7. The molecule has 1 aromatic carbocycles. The number of nitrogens with zero attached hydrogens (tertiary/aromatic N) is 7. The summed E-state index contributed by atoms with van der Waals surface area (Å²) in [4.78, 5) is 59.8. The minimum atomic E-state index is -2.88. The van der Waals surface area contributed by atoms with Crippen LogP contribution in [0.5, 0.6) is 0 Å². The zero-order chi connectivity index (χ0) is 44.4. The van der Waals surface area contributed by atoms with Crippen molar-refractivity contribution in [3.05, 3.63) is 65.2 Å². The van der Waals surface area contributed by atoms with Gasteiger partial charge < -0.3 is 30.3 Å². The van der Waals surface area contributed by atoms with Gasteiger partial charge in [0.05, 0.1) is 47.2 Å². The predicted molar refractivity (Wildman–Crippen MR) is 231 cm³/mol. The van der Waals surface area contributed by atoms with Crippen LogP contribution >= 0.6 is 0 Å². The Kier molecular flexibility index (Phi) is 13.2. The number of benzene rings is 1. The summed E-state index contributed by atoms with van der Waals surface area (Å²) in [6.45, 7) is 7.39. The van der Waals surface area contributed by atoms with E-state index in [0.717, 1.165) is 87.8 Å². The molecule has 338 valence electrons. The monoisotopic (exact) mass is 872 g/mol. The highest BCUT2D eigenvalue weighted by molar-refractivity contribution is 6.10. The highest BCUT2D eigenvalue weighted by Gasteiger charge is 2.45. The van der Waals surface area contributed by atoms with Crippen molar-refractivity contribution in [2.45, 2.75) is 115 Å². The number of fused-ring (bicyclic) bond motifs is 2. The fourth-order valence-electron chi connectivity index (χ4n) is 9.73. The topological polar surface area (TPSA) is 188 Å². The van der Waals surface area contributed by atoms with Crippen molar-refractivity contribution < 1.29 is 37.8 Å². The maximum atomic E-state index is 14.2. The molecule has 4 aliphatic rings. The summed E-state index contributed by atoms with van der Waals surface area (Å²) in [5.41, 5.74) is 1.83. The number of aliphatic hydroxyl groups is 1. The smallest absolute Gasteiger partial charge is 0.284 e. The minimum Gasteiger partial charge on any atom is -0.390 e. The quantitative estimate of drug-likeness (QED) is 0.0806. The molecular weight excluding hydrogens is 815 g/mol. The van der Waals surface area contributed by atoms with Gasteiger partial charge in [-0.15, -0.1) is 0 Å². The molecule has 0 spiro atoms. The van der Waals surface area contributed by atoms with Crippen molar-refractivity contribution >= 4 is 46.5 Å². The first kappa shape index (κ1) is 44.3. The first-order chi connectivity index (χ1) is 30.2. The zero-order valence-corrected chi connectivity index (χ0v) is 36.2. The minimum absolute atomic E-state index is 0.0335. The molecule has 3 fully saturated rings. The van der Waals surface area contributed by atoms with E-state index < -0.39 is 35.5 Å². The van der Waals surface area contributed by atoms with E-state index in [9.17, 15) is 33.1 Å². The van der Waals surface area contributed by atoms with E-state index in [-0.39, 0.29) is 53.2 Å². The summed E-state index contributed by atoms with van der Waals surface area (Å²) in [6.07, 6.45) is 9.87. The number of imide groups is 1. The highest BCUT2D eigenvalue weighted by atomic mass is 19.3. The van der Waals surface area contributed by atoms with E-state index in [1.165, 1.54) is 16.9 Å². The van der Waals surface area contributed by atoms with Crippen LogP contribution in [-0.4, -0.2) is 110 Å². The van der Waals surface area contributed by atoms with Gasteiger partial charge in [0, 0.05) is 58.6 Å². The third kappa shape index (κ3) is 10.1. The number of ether oxygens (including phenoxy) is 1. The molecule has 2 unspecified atom stereocenters. The lowest BCUT2D eigenvalue weighted by Gasteiger charge is -2.36. The van der Waals surface area contributed by atoms with Crippen LogP contribution in [0.2, 0.25) is 0 Å². The fraction of sp³-hybridized carbons (Fsp3) is 0.578. The number of hydrogen-bond acceptors (Lipinski definition) is 11. The van der Waals surface area contributed by atoms with E-state index in [0.29, 0.717) is 37.7 Å². The van der Waals surface area contributed by atoms with Crippen molar-refractivity contribution in [3.63, 3.8) is 0 Å². The van der Waals surface area contributed by atoms with Crippen molar-refractivity contribution in [2.75, 3.05) is 55.4 Å². The van der Waals surface area contributed by atoms with Gasteiger partial charge in [0.1, 0.15) is 11.4 Å². The van der Waals surface area contributed by atoms with Crippen LogP contribution in [0, 0.1) is 11.8 Å². The summed E-state index contributed by atoms with van der Waals surface area (Å²) < 4.78 is 37.9. The average Bonchev–Trinajstić information content (AvgIpc) is 3.94. The Labute approximate surface area is 365 Å². The first-order valence-corrected chi connectivity index (χ1v) is 22.3. The number of amides is 4. The number of nitrogens with one attached hydrogen (secondary N) is 3. The number of likely N-dealkylation sites (tertiary alicyclic amines) is 1. The van der Waals surface area contributed by atoms with Crippen LogP contribution in [0.15, 0.2) is 42.9 Å². The van der Waals surface area contributed by atoms with Gasteiger partial charge in [-0.1, -0.05) is 18.2 Å². The lowest BCUT2D eigenvalue weighted by atomic mass is 9.81. The number of likely N-dealkylation sites (N-methyl/N-ethyl adjacent to an activating group) is 1. The van der Waals surface area contributed by atoms with Gasteiger partial charge in [0.25, 0.3) is 12.3 Å². The van der Waals surface area contributed by atoms with Crippen molar-refractivity contribution in [1.82, 2.24) is 34.6 Å². The standard InChI is InChI=1S/C45H58F2N10O6/c1-45(2,62)18-19-48-35-17-22-56-41(51-35)33(24-49-56)43(60)50-34-26-57(53-38(34)40(46)47)29-11-9-27(10-12-29)25-55-20-15-30(16-21-55)63-23-5-7-28-6-4-8-31-37(44(61)54(3)39(28)31)32-13-14-36(58)52-42(32)59/h4,6,8,17,22,24,26-27,29-30,32,37,40,62H,5,7,9-16,18-21,23,25H2,1-3H3,(H,48,51)(H,50,60)(H,52,58,59). The number of piperidine rings is 2. The van der Waals surface area contributed by atoms with Crippen molar-refractivity contribution in [3.8, 4) is 0 Å². The number of carbonyl (C=O) groups excluding carboxylic acids is 4. The molecule has 0 radical (unpaired) electrons. The molecule has 1 saturated carbocycles. The van der Waals surface area contributed by atoms with E-state index in [1.54, 1.807) is 42.7 Å².